The van der Waals surface area contributed by atoms with Crippen molar-refractivity contribution in [2.24, 2.45) is 5.73 Å². The second-order valence-corrected chi connectivity index (χ2v) is 5.80. The van der Waals surface area contributed by atoms with Crippen LogP contribution >= 0.6 is 0 Å². The number of benzene rings is 1. The molecular weight excluding hydrogens is 252 g/mol. The molecule has 0 aliphatic heterocycles. The normalized spacial score (nSPS) is 13.3. The van der Waals surface area contributed by atoms with Gasteiger partial charge in [-0.15, -0.1) is 0 Å². The number of nitrogens with two attached hydrogens (primary N) is 1. The van der Waals surface area contributed by atoms with Gasteiger partial charge in [-0.2, -0.15) is 0 Å². The van der Waals surface area contributed by atoms with Crippen LogP contribution in [0.2, 0.25) is 0 Å². The fraction of sp³-hybridized carbons (Fsp3) is 0.500. The van der Waals surface area contributed by atoms with E-state index in [0.29, 0.717) is 12.2 Å². The molecule has 0 saturated carbocycles. The predicted octanol–water partition coefficient (Wildman–Crippen LogP) is 1.02. The van der Waals surface area contributed by atoms with E-state index in [2.05, 4.69) is 4.72 Å². The van der Waals surface area contributed by atoms with Crippen molar-refractivity contribution in [2.45, 2.75) is 31.2 Å². The first kappa shape index (κ1) is 14.9. The molecule has 0 saturated heterocycles. The second-order valence-electron chi connectivity index (χ2n) is 4.12. The van der Waals surface area contributed by atoms with E-state index >= 15 is 0 Å². The minimum absolute atomic E-state index is 0.150. The summed E-state index contributed by atoms with van der Waals surface area (Å²) in [4.78, 5) is 0.150. The van der Waals surface area contributed by atoms with E-state index in [1.54, 1.807) is 18.2 Å². The number of methoxy groups -OCH3 is 1. The van der Waals surface area contributed by atoms with E-state index < -0.39 is 10.0 Å². The number of hydrogen-bond acceptors (Lipinski definition) is 4. The van der Waals surface area contributed by atoms with Gasteiger partial charge in [0.15, 0.2) is 0 Å². The van der Waals surface area contributed by atoms with Crippen LogP contribution in [0.25, 0.3) is 0 Å². The summed E-state index contributed by atoms with van der Waals surface area (Å²) < 4.78 is 32.2. The van der Waals surface area contributed by atoms with Gasteiger partial charge in [0.25, 0.3) is 0 Å². The molecule has 102 valence electrons. The van der Waals surface area contributed by atoms with Crippen LogP contribution in [0.1, 0.15) is 18.9 Å². The Morgan fingerprint density at radius 3 is 2.61 bits per heavy atom. The maximum atomic E-state index is 12.2. The third-order valence-electron chi connectivity index (χ3n) is 2.71. The summed E-state index contributed by atoms with van der Waals surface area (Å²) in [7, 11) is -2.16. The lowest BCUT2D eigenvalue weighted by Crippen LogP contribution is -2.39. The molecule has 0 heterocycles. The van der Waals surface area contributed by atoms with Crippen LogP contribution in [0, 0.1) is 6.92 Å². The maximum absolute atomic E-state index is 12.2. The smallest absolute Gasteiger partial charge is 0.244 e. The Morgan fingerprint density at radius 1 is 1.44 bits per heavy atom. The average molecular weight is 272 g/mol. The first-order chi connectivity index (χ1) is 8.44. The summed E-state index contributed by atoms with van der Waals surface area (Å²) in [5.74, 6) is 0.333. The Bertz CT molecular complexity index is 496. The summed E-state index contributed by atoms with van der Waals surface area (Å²) >= 11 is 0. The van der Waals surface area contributed by atoms with Crippen molar-refractivity contribution in [1.82, 2.24) is 4.72 Å². The third-order valence-corrected chi connectivity index (χ3v) is 4.25. The Kier molecular flexibility index (Phi) is 5.13. The van der Waals surface area contributed by atoms with Crippen molar-refractivity contribution in [2.75, 3.05) is 13.7 Å². The predicted molar refractivity (Wildman–Crippen MR) is 71.2 cm³/mol. The van der Waals surface area contributed by atoms with Crippen LogP contribution in [-0.4, -0.2) is 28.1 Å². The number of hydrogen-bond donors (Lipinski definition) is 2. The average Bonchev–Trinajstić information content (AvgIpc) is 2.36. The summed E-state index contributed by atoms with van der Waals surface area (Å²) in [6.45, 7) is 3.98. The van der Waals surface area contributed by atoms with Gasteiger partial charge in [0.1, 0.15) is 10.6 Å². The minimum Gasteiger partial charge on any atom is -0.495 e. The van der Waals surface area contributed by atoms with Gasteiger partial charge in [-0.3, -0.25) is 0 Å². The number of rotatable bonds is 6. The van der Waals surface area contributed by atoms with Gasteiger partial charge in [0.05, 0.1) is 7.11 Å². The zero-order valence-corrected chi connectivity index (χ0v) is 11.8. The van der Waals surface area contributed by atoms with Crippen molar-refractivity contribution in [1.29, 1.82) is 0 Å². The largest absolute Gasteiger partial charge is 0.495 e. The van der Waals surface area contributed by atoms with Crippen molar-refractivity contribution in [3.63, 3.8) is 0 Å². The Hall–Kier alpha value is -1.11. The van der Waals surface area contributed by atoms with Crippen molar-refractivity contribution in [3.05, 3.63) is 23.8 Å². The molecule has 0 aliphatic carbocycles. The quantitative estimate of drug-likeness (QED) is 0.810. The van der Waals surface area contributed by atoms with E-state index in [9.17, 15) is 8.42 Å². The number of aryl methyl sites for hydroxylation is 1. The highest BCUT2D eigenvalue weighted by molar-refractivity contribution is 7.89. The molecule has 0 aromatic heterocycles. The number of sulfonamides is 1. The Morgan fingerprint density at radius 2 is 2.11 bits per heavy atom. The monoisotopic (exact) mass is 272 g/mol. The summed E-state index contributed by atoms with van der Waals surface area (Å²) in [5.41, 5.74) is 6.37. The van der Waals surface area contributed by atoms with E-state index in [0.717, 1.165) is 5.56 Å². The zero-order valence-electron chi connectivity index (χ0n) is 10.9. The van der Waals surface area contributed by atoms with Crippen LogP contribution in [0.15, 0.2) is 23.1 Å². The lowest BCUT2D eigenvalue weighted by atomic mass is 10.2. The molecule has 1 rings (SSSR count). The van der Waals surface area contributed by atoms with Gasteiger partial charge in [-0.05, 0) is 31.0 Å². The van der Waals surface area contributed by atoms with Gasteiger partial charge in [0.2, 0.25) is 10.0 Å². The zero-order chi connectivity index (χ0) is 13.8. The van der Waals surface area contributed by atoms with Gasteiger partial charge >= 0.3 is 0 Å². The molecule has 5 nitrogen and oxygen atoms in total. The fourth-order valence-electron chi connectivity index (χ4n) is 1.57. The first-order valence-electron chi connectivity index (χ1n) is 5.81. The molecule has 3 N–H and O–H groups in total. The molecule has 6 heteroatoms. The summed E-state index contributed by atoms with van der Waals surface area (Å²) in [6.07, 6.45) is 0.643. The van der Waals surface area contributed by atoms with E-state index in [1.165, 1.54) is 7.11 Å². The lowest BCUT2D eigenvalue weighted by Gasteiger charge is -2.16. The van der Waals surface area contributed by atoms with Crippen LogP contribution in [-0.2, 0) is 10.0 Å². The molecule has 0 bridgehead atoms. The molecule has 0 aliphatic rings. The molecular formula is C12H20N2O3S. The number of ether oxygens (including phenoxy) is 1. The SMILES string of the molecule is CCC(CN)NS(=O)(=O)c1cc(C)ccc1OC. The second kappa shape index (κ2) is 6.17. The lowest BCUT2D eigenvalue weighted by molar-refractivity contribution is 0.401. The topological polar surface area (TPSA) is 81.4 Å². The molecule has 1 aromatic rings. The number of nitrogens with one attached hydrogen (secondary N) is 1. The molecule has 0 amide bonds. The van der Waals surface area contributed by atoms with Gasteiger partial charge in [0, 0.05) is 12.6 Å². The van der Waals surface area contributed by atoms with Crippen LogP contribution in [0.5, 0.6) is 5.75 Å². The van der Waals surface area contributed by atoms with Gasteiger partial charge < -0.3 is 10.5 Å². The molecule has 0 spiro atoms. The third kappa shape index (κ3) is 3.44. The summed E-state index contributed by atoms with van der Waals surface area (Å²) in [5, 5.41) is 0. The minimum atomic E-state index is -3.60. The molecule has 1 unspecified atom stereocenters. The van der Waals surface area contributed by atoms with Crippen LogP contribution in [0.3, 0.4) is 0 Å². The van der Waals surface area contributed by atoms with Gasteiger partial charge in [-0.25, -0.2) is 13.1 Å². The van der Waals surface area contributed by atoms with Gasteiger partial charge in [-0.1, -0.05) is 13.0 Å². The molecule has 0 radical (unpaired) electrons. The van der Waals surface area contributed by atoms with Crippen molar-refractivity contribution in [3.8, 4) is 5.75 Å². The molecule has 18 heavy (non-hydrogen) atoms. The van der Waals surface area contributed by atoms with Crippen molar-refractivity contribution < 1.29 is 13.2 Å². The first-order valence-corrected chi connectivity index (χ1v) is 7.30. The standard InChI is InChI=1S/C12H20N2O3S/c1-4-10(8-13)14-18(15,16)12-7-9(2)5-6-11(12)17-3/h5-7,10,14H,4,8,13H2,1-3H3. The van der Waals surface area contributed by atoms with Crippen LogP contribution < -0.4 is 15.2 Å². The molecule has 1 atom stereocenters. The molecule has 0 fully saturated rings. The fourth-order valence-corrected chi connectivity index (χ4v) is 3.16. The highest BCUT2D eigenvalue weighted by Crippen LogP contribution is 2.24. The highest BCUT2D eigenvalue weighted by Gasteiger charge is 2.22. The molecule has 1 aromatic carbocycles. The van der Waals surface area contributed by atoms with Crippen LogP contribution in [0.4, 0.5) is 0 Å². The van der Waals surface area contributed by atoms with E-state index in [-0.39, 0.29) is 17.5 Å². The van der Waals surface area contributed by atoms with E-state index in [4.69, 9.17) is 10.5 Å². The summed E-state index contributed by atoms with van der Waals surface area (Å²) in [6, 6.07) is 4.77. The highest BCUT2D eigenvalue weighted by atomic mass is 32.2. The Balaban J connectivity index is 3.15. The maximum Gasteiger partial charge on any atom is 0.244 e. The van der Waals surface area contributed by atoms with Crippen molar-refractivity contribution >= 4 is 10.0 Å². The Labute approximate surface area is 108 Å². The van der Waals surface area contributed by atoms with E-state index in [1.807, 2.05) is 13.8 Å².